The molecule has 3 amide bonds. The van der Waals surface area contributed by atoms with Crippen molar-refractivity contribution in [2.75, 3.05) is 20.6 Å². The summed E-state index contributed by atoms with van der Waals surface area (Å²) in [7, 11) is 4.18. The molecule has 25 heavy (non-hydrogen) atoms. The zero-order valence-electron chi connectivity index (χ0n) is 15.2. The Bertz CT molecular complexity index is 652. The second-order valence-corrected chi connectivity index (χ2v) is 8.45. The van der Waals surface area contributed by atoms with Crippen LogP contribution in [0.15, 0.2) is 30.3 Å². The highest BCUT2D eigenvalue weighted by Gasteiger charge is 2.55. The fourth-order valence-electron chi connectivity index (χ4n) is 4.28. The molecular formula is C19H27N3O2S. The first-order valence-electron chi connectivity index (χ1n) is 8.86. The SMILES string of the molecule is CC(S)CN1C(=O)NC2(CCC(c3ccccc3)(N(C)C)CC2)C1=O. The molecule has 1 aromatic carbocycles. The van der Waals surface area contributed by atoms with Crippen molar-refractivity contribution in [3.05, 3.63) is 35.9 Å². The van der Waals surface area contributed by atoms with E-state index < -0.39 is 5.54 Å². The van der Waals surface area contributed by atoms with Crippen molar-refractivity contribution < 1.29 is 9.59 Å². The lowest BCUT2D eigenvalue weighted by molar-refractivity contribution is -0.133. The fraction of sp³-hybridized carbons (Fsp3) is 0.579. The Morgan fingerprint density at radius 1 is 1.16 bits per heavy atom. The van der Waals surface area contributed by atoms with Gasteiger partial charge in [-0.05, 0) is 45.3 Å². The van der Waals surface area contributed by atoms with Crippen molar-refractivity contribution >= 4 is 24.6 Å². The Labute approximate surface area is 155 Å². The van der Waals surface area contributed by atoms with Gasteiger partial charge in [-0.2, -0.15) is 12.6 Å². The van der Waals surface area contributed by atoms with E-state index in [4.69, 9.17) is 0 Å². The molecular weight excluding hydrogens is 334 g/mol. The monoisotopic (exact) mass is 361 g/mol. The Morgan fingerprint density at radius 3 is 2.28 bits per heavy atom. The number of benzene rings is 1. The largest absolute Gasteiger partial charge is 0.325 e. The van der Waals surface area contributed by atoms with Crippen LogP contribution in [0.1, 0.15) is 38.2 Å². The minimum atomic E-state index is -0.742. The van der Waals surface area contributed by atoms with E-state index in [1.54, 1.807) is 0 Å². The van der Waals surface area contributed by atoms with Crippen molar-refractivity contribution in [1.82, 2.24) is 15.1 Å². The predicted octanol–water partition coefficient (Wildman–Crippen LogP) is 2.63. The lowest BCUT2D eigenvalue weighted by Crippen LogP contribution is -2.55. The van der Waals surface area contributed by atoms with Crippen molar-refractivity contribution in [3.8, 4) is 0 Å². The van der Waals surface area contributed by atoms with Crippen molar-refractivity contribution in [1.29, 1.82) is 0 Å². The number of nitrogens with one attached hydrogen (secondary N) is 1. The first-order chi connectivity index (χ1) is 11.8. The molecule has 1 unspecified atom stereocenters. The molecule has 2 aliphatic rings. The number of carbonyl (C=O) groups excluding carboxylic acids is 2. The molecule has 0 radical (unpaired) electrons. The Hall–Kier alpha value is -1.53. The maximum absolute atomic E-state index is 12.9. The fourth-order valence-corrected chi connectivity index (χ4v) is 4.44. The van der Waals surface area contributed by atoms with Gasteiger partial charge in [0, 0.05) is 17.3 Å². The van der Waals surface area contributed by atoms with Crippen LogP contribution >= 0.6 is 12.6 Å². The Balaban J connectivity index is 1.83. The summed E-state index contributed by atoms with van der Waals surface area (Å²) in [4.78, 5) is 28.8. The number of thiol groups is 1. The van der Waals surface area contributed by atoms with Crippen LogP contribution in [-0.2, 0) is 10.3 Å². The highest BCUT2D eigenvalue weighted by atomic mass is 32.1. The minimum Gasteiger partial charge on any atom is -0.323 e. The molecule has 0 aromatic heterocycles. The average Bonchev–Trinajstić information content (AvgIpc) is 2.80. The van der Waals surface area contributed by atoms with Gasteiger partial charge >= 0.3 is 6.03 Å². The maximum atomic E-state index is 12.9. The molecule has 5 nitrogen and oxygen atoms in total. The highest BCUT2D eigenvalue weighted by molar-refractivity contribution is 7.80. The average molecular weight is 362 g/mol. The molecule has 0 bridgehead atoms. The maximum Gasteiger partial charge on any atom is 0.325 e. The summed E-state index contributed by atoms with van der Waals surface area (Å²) in [5.41, 5.74) is 0.433. The van der Waals surface area contributed by atoms with Gasteiger partial charge in [0.15, 0.2) is 0 Å². The summed E-state index contributed by atoms with van der Waals surface area (Å²) in [5, 5.41) is 2.96. The topological polar surface area (TPSA) is 52.7 Å². The van der Waals surface area contributed by atoms with Crippen LogP contribution in [0.2, 0.25) is 0 Å². The lowest BCUT2D eigenvalue weighted by Gasteiger charge is -2.48. The highest BCUT2D eigenvalue weighted by Crippen LogP contribution is 2.46. The molecule has 1 aliphatic carbocycles. The van der Waals surface area contributed by atoms with Crippen molar-refractivity contribution in [2.24, 2.45) is 0 Å². The predicted molar refractivity (Wildman–Crippen MR) is 102 cm³/mol. The van der Waals surface area contributed by atoms with Gasteiger partial charge in [0.25, 0.3) is 5.91 Å². The molecule has 1 N–H and O–H groups in total. The van der Waals surface area contributed by atoms with Gasteiger partial charge < -0.3 is 5.32 Å². The van der Waals surface area contributed by atoms with Crippen LogP contribution in [0.25, 0.3) is 0 Å². The van der Waals surface area contributed by atoms with E-state index in [-0.39, 0.29) is 22.7 Å². The van der Waals surface area contributed by atoms with Gasteiger partial charge in [0.05, 0.1) is 0 Å². The summed E-state index contributed by atoms with van der Waals surface area (Å²) in [6.07, 6.45) is 2.98. The second-order valence-electron chi connectivity index (χ2n) is 7.57. The number of urea groups is 1. The molecule has 6 heteroatoms. The van der Waals surface area contributed by atoms with Crippen LogP contribution in [0, 0.1) is 0 Å². The first-order valence-corrected chi connectivity index (χ1v) is 9.37. The molecule has 1 aromatic rings. The quantitative estimate of drug-likeness (QED) is 0.640. The van der Waals surface area contributed by atoms with E-state index in [1.807, 2.05) is 13.0 Å². The van der Waals surface area contributed by atoms with Gasteiger partial charge in [-0.3, -0.25) is 14.6 Å². The van der Waals surface area contributed by atoms with Crippen LogP contribution in [-0.4, -0.2) is 53.2 Å². The zero-order valence-corrected chi connectivity index (χ0v) is 16.1. The van der Waals surface area contributed by atoms with Gasteiger partial charge in [-0.1, -0.05) is 37.3 Å². The molecule has 1 aliphatic heterocycles. The molecule has 3 rings (SSSR count). The van der Waals surface area contributed by atoms with Crippen LogP contribution in [0.4, 0.5) is 4.79 Å². The summed E-state index contributed by atoms with van der Waals surface area (Å²) in [5.74, 6) is -0.0844. The normalized spacial score (nSPS) is 30.8. The smallest absolute Gasteiger partial charge is 0.323 e. The standard InChI is InChI=1S/C19H27N3O2S/c1-14(25)13-22-16(23)18(20-17(22)24)9-11-19(12-10-18,21(2)3)15-7-5-4-6-8-15/h4-8,14,25H,9-13H2,1-3H3,(H,20,24). The zero-order chi connectivity index (χ0) is 18.2. The number of rotatable bonds is 4. The van der Waals surface area contributed by atoms with Gasteiger partial charge in [0.2, 0.25) is 0 Å². The van der Waals surface area contributed by atoms with E-state index in [0.717, 1.165) is 12.8 Å². The Morgan fingerprint density at radius 2 is 1.76 bits per heavy atom. The third-order valence-corrected chi connectivity index (χ3v) is 5.95. The molecule has 1 saturated heterocycles. The molecule has 1 heterocycles. The van der Waals surface area contributed by atoms with E-state index in [2.05, 4.69) is 61.2 Å². The number of imide groups is 1. The van der Waals surface area contributed by atoms with E-state index in [9.17, 15) is 9.59 Å². The number of carbonyl (C=O) groups is 2. The third-order valence-electron chi connectivity index (χ3n) is 5.79. The van der Waals surface area contributed by atoms with Gasteiger partial charge in [-0.15, -0.1) is 0 Å². The molecule has 136 valence electrons. The van der Waals surface area contributed by atoms with E-state index >= 15 is 0 Å². The summed E-state index contributed by atoms with van der Waals surface area (Å²) < 4.78 is 0. The number of amides is 3. The van der Waals surface area contributed by atoms with Gasteiger partial charge in [0.1, 0.15) is 5.54 Å². The molecule has 1 atom stereocenters. The minimum absolute atomic E-state index is 0.0291. The molecule has 2 fully saturated rings. The van der Waals surface area contributed by atoms with Crippen LogP contribution in [0.5, 0.6) is 0 Å². The van der Waals surface area contributed by atoms with Gasteiger partial charge in [-0.25, -0.2) is 4.79 Å². The summed E-state index contributed by atoms with van der Waals surface area (Å²) >= 11 is 4.33. The lowest BCUT2D eigenvalue weighted by atomic mass is 9.68. The number of hydrogen-bond acceptors (Lipinski definition) is 4. The molecule has 1 saturated carbocycles. The van der Waals surface area contributed by atoms with Crippen LogP contribution < -0.4 is 5.32 Å². The van der Waals surface area contributed by atoms with Crippen molar-refractivity contribution in [2.45, 2.75) is 48.9 Å². The molecule has 1 spiro atoms. The van der Waals surface area contributed by atoms with Crippen LogP contribution in [0.3, 0.4) is 0 Å². The number of nitrogens with zero attached hydrogens (tertiary/aromatic N) is 2. The van der Waals surface area contributed by atoms with E-state index in [1.165, 1.54) is 10.5 Å². The third kappa shape index (κ3) is 3.06. The second kappa shape index (κ2) is 6.65. The summed E-state index contributed by atoms with van der Waals surface area (Å²) in [6, 6.07) is 10.2. The van der Waals surface area contributed by atoms with E-state index in [0.29, 0.717) is 19.4 Å². The number of hydrogen-bond donors (Lipinski definition) is 2. The first kappa shape index (κ1) is 18.3. The Kier molecular flexibility index (Phi) is 4.86. The van der Waals surface area contributed by atoms with Crippen molar-refractivity contribution in [3.63, 3.8) is 0 Å². The summed E-state index contributed by atoms with van der Waals surface area (Å²) in [6.45, 7) is 2.25.